The number of nitrogens with zero attached hydrogens (tertiary/aromatic N) is 3. The molecule has 4 nitrogen and oxygen atoms in total. The predicted octanol–water partition coefficient (Wildman–Crippen LogP) is 2.87. The average molecular weight is 314 g/mol. The van der Waals surface area contributed by atoms with Crippen LogP contribution in [0.15, 0.2) is 18.2 Å². The van der Waals surface area contributed by atoms with Gasteiger partial charge in [-0.2, -0.15) is 0 Å². The summed E-state index contributed by atoms with van der Waals surface area (Å²) in [5.41, 5.74) is 0.989. The summed E-state index contributed by atoms with van der Waals surface area (Å²) in [7, 11) is 1.70. The Balaban J connectivity index is 0.00000147. The van der Waals surface area contributed by atoms with Crippen LogP contribution in [0.5, 0.6) is 5.75 Å². The molecule has 1 saturated heterocycles. The SMILES string of the molecule is CCN1CCN(c2nc3c(OC)cccc3s2)CC1.Cl. The van der Waals surface area contributed by atoms with E-state index in [1.165, 1.54) is 4.70 Å². The van der Waals surface area contributed by atoms with Gasteiger partial charge in [-0.3, -0.25) is 0 Å². The first-order chi connectivity index (χ1) is 9.31. The summed E-state index contributed by atoms with van der Waals surface area (Å²) in [5.74, 6) is 0.868. The Bertz CT molecular complexity index is 567. The zero-order chi connectivity index (χ0) is 13.2. The van der Waals surface area contributed by atoms with Gasteiger partial charge in [0.05, 0.1) is 11.8 Å². The van der Waals surface area contributed by atoms with Gasteiger partial charge in [-0.1, -0.05) is 24.3 Å². The first kappa shape index (κ1) is 15.4. The van der Waals surface area contributed by atoms with Gasteiger partial charge in [0.2, 0.25) is 0 Å². The summed E-state index contributed by atoms with van der Waals surface area (Å²) in [6.07, 6.45) is 0. The molecule has 0 amide bonds. The minimum Gasteiger partial charge on any atom is -0.494 e. The van der Waals surface area contributed by atoms with Gasteiger partial charge in [0.15, 0.2) is 5.13 Å². The lowest BCUT2D eigenvalue weighted by atomic mass is 10.3. The maximum absolute atomic E-state index is 5.38. The molecule has 6 heteroatoms. The van der Waals surface area contributed by atoms with Crippen molar-refractivity contribution < 1.29 is 4.74 Å². The molecule has 1 aromatic carbocycles. The number of methoxy groups -OCH3 is 1. The summed E-state index contributed by atoms with van der Waals surface area (Å²) in [5, 5.41) is 1.12. The van der Waals surface area contributed by atoms with Crippen LogP contribution in [0.1, 0.15) is 6.92 Å². The highest BCUT2D eigenvalue weighted by Gasteiger charge is 2.19. The Labute approximate surface area is 129 Å². The monoisotopic (exact) mass is 313 g/mol. The third-order valence-electron chi connectivity index (χ3n) is 3.68. The summed E-state index contributed by atoms with van der Waals surface area (Å²) >= 11 is 1.76. The Morgan fingerprint density at radius 1 is 1.25 bits per heavy atom. The van der Waals surface area contributed by atoms with Crippen LogP contribution < -0.4 is 9.64 Å². The van der Waals surface area contributed by atoms with E-state index in [9.17, 15) is 0 Å². The second kappa shape index (κ2) is 6.61. The van der Waals surface area contributed by atoms with E-state index in [1.54, 1.807) is 18.4 Å². The highest BCUT2D eigenvalue weighted by molar-refractivity contribution is 7.22. The van der Waals surface area contributed by atoms with Crippen LogP contribution in [0, 0.1) is 0 Å². The van der Waals surface area contributed by atoms with Crippen molar-refractivity contribution in [1.29, 1.82) is 0 Å². The molecular formula is C14H20ClN3OS. The molecule has 1 aromatic heterocycles. The minimum absolute atomic E-state index is 0. The van der Waals surface area contributed by atoms with Crippen molar-refractivity contribution in [3.8, 4) is 5.75 Å². The van der Waals surface area contributed by atoms with E-state index in [0.29, 0.717) is 0 Å². The fraction of sp³-hybridized carbons (Fsp3) is 0.500. The minimum atomic E-state index is 0. The van der Waals surface area contributed by atoms with Gasteiger partial charge in [-0.15, -0.1) is 12.4 Å². The number of halogens is 1. The number of fused-ring (bicyclic) bond motifs is 1. The second-order valence-electron chi connectivity index (χ2n) is 4.72. The molecule has 1 fully saturated rings. The summed E-state index contributed by atoms with van der Waals surface area (Å²) in [6.45, 7) is 7.75. The Hall–Kier alpha value is -1.04. The Morgan fingerprint density at radius 3 is 2.65 bits per heavy atom. The van der Waals surface area contributed by atoms with E-state index in [0.717, 1.165) is 49.1 Å². The first-order valence-electron chi connectivity index (χ1n) is 6.72. The third-order valence-corrected chi connectivity index (χ3v) is 4.76. The molecule has 2 aromatic rings. The number of aromatic nitrogens is 1. The maximum atomic E-state index is 5.38. The smallest absolute Gasteiger partial charge is 0.186 e. The van der Waals surface area contributed by atoms with E-state index in [1.807, 2.05) is 12.1 Å². The van der Waals surface area contributed by atoms with Gasteiger partial charge in [0, 0.05) is 26.2 Å². The standard InChI is InChI=1S/C14H19N3OS.ClH/c1-3-16-7-9-17(10-8-16)14-15-13-11(18-2)5-4-6-12(13)19-14;/h4-6H,3,7-10H2,1-2H3;1H. The summed E-state index contributed by atoms with van der Waals surface area (Å²) < 4.78 is 6.58. The molecule has 0 radical (unpaired) electrons. The van der Waals surface area contributed by atoms with E-state index in [4.69, 9.17) is 9.72 Å². The molecule has 1 aliphatic heterocycles. The predicted molar refractivity (Wildman–Crippen MR) is 87.7 cm³/mol. The number of para-hydroxylation sites is 1. The van der Waals surface area contributed by atoms with Crippen molar-refractivity contribution in [1.82, 2.24) is 9.88 Å². The van der Waals surface area contributed by atoms with Crippen LogP contribution in [-0.2, 0) is 0 Å². The largest absolute Gasteiger partial charge is 0.494 e. The number of hydrogen-bond donors (Lipinski definition) is 0. The van der Waals surface area contributed by atoms with Crippen LogP contribution in [0.3, 0.4) is 0 Å². The van der Waals surface area contributed by atoms with Crippen molar-refractivity contribution in [3.63, 3.8) is 0 Å². The molecule has 0 aliphatic carbocycles. The van der Waals surface area contributed by atoms with Crippen molar-refractivity contribution in [2.45, 2.75) is 6.92 Å². The molecule has 20 heavy (non-hydrogen) atoms. The van der Waals surface area contributed by atoms with Crippen molar-refractivity contribution in [3.05, 3.63) is 18.2 Å². The van der Waals surface area contributed by atoms with Crippen LogP contribution in [0.4, 0.5) is 5.13 Å². The maximum Gasteiger partial charge on any atom is 0.186 e. The lowest BCUT2D eigenvalue weighted by molar-refractivity contribution is 0.271. The number of piperazine rings is 1. The normalized spacial score (nSPS) is 16.2. The number of rotatable bonds is 3. The highest BCUT2D eigenvalue weighted by atomic mass is 35.5. The number of anilines is 1. The molecule has 2 heterocycles. The summed E-state index contributed by atoms with van der Waals surface area (Å²) in [6, 6.07) is 6.11. The van der Waals surface area contributed by atoms with Gasteiger partial charge in [-0.05, 0) is 18.7 Å². The lowest BCUT2D eigenvalue weighted by Crippen LogP contribution is -2.46. The molecule has 0 bridgehead atoms. The Kier molecular flexibility index (Phi) is 5.07. The van der Waals surface area contributed by atoms with Crippen LogP contribution in [0.25, 0.3) is 10.2 Å². The fourth-order valence-electron chi connectivity index (χ4n) is 2.47. The molecule has 0 unspecified atom stereocenters. The van der Waals surface area contributed by atoms with Crippen molar-refractivity contribution >= 4 is 39.1 Å². The van der Waals surface area contributed by atoms with E-state index >= 15 is 0 Å². The molecule has 0 saturated carbocycles. The fourth-order valence-corrected chi connectivity index (χ4v) is 3.50. The van der Waals surface area contributed by atoms with Gasteiger partial charge < -0.3 is 14.5 Å². The molecule has 1 aliphatic rings. The molecular weight excluding hydrogens is 294 g/mol. The van der Waals surface area contributed by atoms with Crippen molar-refractivity contribution in [2.75, 3.05) is 44.7 Å². The lowest BCUT2D eigenvalue weighted by Gasteiger charge is -2.33. The Morgan fingerprint density at radius 2 is 2.00 bits per heavy atom. The van der Waals surface area contributed by atoms with Gasteiger partial charge in [0.1, 0.15) is 11.3 Å². The molecule has 3 rings (SSSR count). The van der Waals surface area contributed by atoms with Crippen LogP contribution >= 0.6 is 23.7 Å². The number of likely N-dealkylation sites (N-methyl/N-ethyl adjacent to an activating group) is 1. The summed E-state index contributed by atoms with van der Waals surface area (Å²) in [4.78, 5) is 9.62. The van der Waals surface area contributed by atoms with Gasteiger partial charge >= 0.3 is 0 Å². The molecule has 0 atom stereocenters. The van der Waals surface area contributed by atoms with Crippen LogP contribution in [0.2, 0.25) is 0 Å². The average Bonchev–Trinajstić information content (AvgIpc) is 2.91. The zero-order valence-electron chi connectivity index (χ0n) is 11.8. The molecule has 110 valence electrons. The zero-order valence-corrected chi connectivity index (χ0v) is 13.5. The van der Waals surface area contributed by atoms with E-state index in [-0.39, 0.29) is 12.4 Å². The molecule has 0 N–H and O–H groups in total. The van der Waals surface area contributed by atoms with Gasteiger partial charge in [0.25, 0.3) is 0 Å². The van der Waals surface area contributed by atoms with Crippen molar-refractivity contribution in [2.24, 2.45) is 0 Å². The van der Waals surface area contributed by atoms with Gasteiger partial charge in [-0.25, -0.2) is 4.98 Å². The quantitative estimate of drug-likeness (QED) is 0.871. The van der Waals surface area contributed by atoms with Crippen LogP contribution in [-0.4, -0.2) is 49.7 Å². The number of thiazole rings is 1. The number of ether oxygens (including phenoxy) is 1. The molecule has 0 spiro atoms. The topological polar surface area (TPSA) is 28.6 Å². The number of benzene rings is 1. The number of hydrogen-bond acceptors (Lipinski definition) is 5. The highest BCUT2D eigenvalue weighted by Crippen LogP contribution is 2.34. The first-order valence-corrected chi connectivity index (χ1v) is 7.54. The van der Waals surface area contributed by atoms with E-state index < -0.39 is 0 Å². The van der Waals surface area contributed by atoms with E-state index in [2.05, 4.69) is 22.8 Å². The second-order valence-corrected chi connectivity index (χ2v) is 5.73. The third kappa shape index (κ3) is 2.85.